The van der Waals surface area contributed by atoms with Crippen LogP contribution in [0.3, 0.4) is 0 Å². The van der Waals surface area contributed by atoms with Gasteiger partial charge >= 0.3 is 0 Å². The van der Waals surface area contributed by atoms with Crippen molar-refractivity contribution in [2.75, 3.05) is 14.2 Å². The molecule has 0 fully saturated rings. The molecular weight excluding hydrogens is 198 g/mol. The first-order valence-electron chi connectivity index (χ1n) is 5.93. The molecule has 0 saturated carbocycles. The fourth-order valence-corrected chi connectivity index (χ4v) is 2.15. The van der Waals surface area contributed by atoms with Gasteiger partial charge in [-0.3, -0.25) is 0 Å². The molecule has 0 saturated heterocycles. The van der Waals surface area contributed by atoms with Gasteiger partial charge < -0.3 is 10.1 Å². The second-order valence-electron chi connectivity index (χ2n) is 4.53. The highest BCUT2D eigenvalue weighted by molar-refractivity contribution is 5.16. The summed E-state index contributed by atoms with van der Waals surface area (Å²) in [5.74, 6) is 0.520. The first-order chi connectivity index (χ1) is 7.69. The quantitative estimate of drug-likeness (QED) is 0.797. The van der Waals surface area contributed by atoms with Gasteiger partial charge in [0.05, 0.1) is 6.10 Å². The summed E-state index contributed by atoms with van der Waals surface area (Å²) < 4.78 is 5.57. The average molecular weight is 221 g/mol. The Bertz CT molecular complexity index is 284. The van der Waals surface area contributed by atoms with Crippen LogP contribution in [0, 0.1) is 5.92 Å². The molecule has 90 valence electrons. The Morgan fingerprint density at radius 3 is 2.25 bits per heavy atom. The van der Waals surface area contributed by atoms with Crippen LogP contribution in [0.1, 0.15) is 19.4 Å². The van der Waals surface area contributed by atoms with E-state index < -0.39 is 0 Å². The summed E-state index contributed by atoms with van der Waals surface area (Å²) in [6.45, 7) is 4.40. The van der Waals surface area contributed by atoms with Crippen molar-refractivity contribution in [3.8, 4) is 0 Å². The number of ether oxygens (including phenoxy) is 1. The number of methoxy groups -OCH3 is 1. The van der Waals surface area contributed by atoms with Crippen LogP contribution >= 0.6 is 0 Å². The minimum Gasteiger partial charge on any atom is -0.380 e. The first kappa shape index (κ1) is 13.2. The molecule has 2 heteroatoms. The van der Waals surface area contributed by atoms with E-state index in [2.05, 4.69) is 43.4 Å². The summed E-state index contributed by atoms with van der Waals surface area (Å²) in [7, 11) is 3.79. The fourth-order valence-electron chi connectivity index (χ4n) is 2.15. The van der Waals surface area contributed by atoms with Crippen LogP contribution in [-0.4, -0.2) is 26.3 Å². The molecule has 0 amide bonds. The second kappa shape index (κ2) is 6.66. The lowest BCUT2D eigenvalue weighted by molar-refractivity contribution is 0.0354. The highest BCUT2D eigenvalue weighted by atomic mass is 16.5. The van der Waals surface area contributed by atoms with Gasteiger partial charge in [-0.15, -0.1) is 0 Å². The molecule has 16 heavy (non-hydrogen) atoms. The molecule has 1 rings (SSSR count). The lowest BCUT2D eigenvalue weighted by atomic mass is 9.94. The van der Waals surface area contributed by atoms with Crippen molar-refractivity contribution >= 4 is 0 Å². The summed E-state index contributed by atoms with van der Waals surface area (Å²) in [5.41, 5.74) is 1.35. The minimum atomic E-state index is 0.255. The number of hydrogen-bond acceptors (Lipinski definition) is 2. The van der Waals surface area contributed by atoms with Crippen molar-refractivity contribution in [2.24, 2.45) is 5.92 Å². The van der Waals surface area contributed by atoms with Crippen molar-refractivity contribution in [3.05, 3.63) is 35.9 Å². The molecule has 1 aromatic rings. The Morgan fingerprint density at radius 2 is 1.81 bits per heavy atom. The molecular formula is C14H23NO. The predicted octanol–water partition coefficient (Wildman–Crippen LogP) is 2.49. The van der Waals surface area contributed by atoms with Gasteiger partial charge in [-0.25, -0.2) is 0 Å². The standard InChI is InChI=1S/C14H23NO/c1-11(2)14(16-4)13(15-3)10-12-8-6-5-7-9-12/h5-9,11,13-15H,10H2,1-4H3. The highest BCUT2D eigenvalue weighted by Gasteiger charge is 2.22. The minimum absolute atomic E-state index is 0.255. The number of likely N-dealkylation sites (N-methyl/N-ethyl adjacent to an activating group) is 1. The van der Waals surface area contributed by atoms with Crippen LogP contribution in [-0.2, 0) is 11.2 Å². The molecule has 0 aromatic heterocycles. The lowest BCUT2D eigenvalue weighted by Gasteiger charge is -2.28. The van der Waals surface area contributed by atoms with Crippen molar-refractivity contribution in [3.63, 3.8) is 0 Å². The number of benzene rings is 1. The fraction of sp³-hybridized carbons (Fsp3) is 0.571. The van der Waals surface area contributed by atoms with E-state index in [1.807, 2.05) is 13.1 Å². The van der Waals surface area contributed by atoms with E-state index in [0.717, 1.165) is 6.42 Å². The van der Waals surface area contributed by atoms with Crippen molar-refractivity contribution in [1.29, 1.82) is 0 Å². The zero-order valence-electron chi connectivity index (χ0n) is 10.7. The van der Waals surface area contributed by atoms with E-state index in [0.29, 0.717) is 12.0 Å². The van der Waals surface area contributed by atoms with Gasteiger partial charge in [0.25, 0.3) is 0 Å². The molecule has 0 aliphatic heterocycles. The van der Waals surface area contributed by atoms with Crippen molar-refractivity contribution < 1.29 is 4.74 Å². The predicted molar refractivity (Wildman–Crippen MR) is 68.6 cm³/mol. The molecule has 0 radical (unpaired) electrons. The maximum absolute atomic E-state index is 5.57. The maximum Gasteiger partial charge on any atom is 0.0750 e. The summed E-state index contributed by atoms with van der Waals surface area (Å²) in [5, 5.41) is 3.36. The molecule has 1 N–H and O–H groups in total. The Morgan fingerprint density at radius 1 is 1.19 bits per heavy atom. The topological polar surface area (TPSA) is 21.3 Å². The zero-order chi connectivity index (χ0) is 12.0. The molecule has 0 aliphatic carbocycles. The van der Waals surface area contributed by atoms with E-state index >= 15 is 0 Å². The van der Waals surface area contributed by atoms with E-state index in [4.69, 9.17) is 4.74 Å². The Hall–Kier alpha value is -0.860. The SMILES string of the molecule is CNC(Cc1ccccc1)C(OC)C(C)C. The van der Waals surface area contributed by atoms with E-state index in [1.165, 1.54) is 5.56 Å². The maximum atomic E-state index is 5.57. The van der Waals surface area contributed by atoms with E-state index in [1.54, 1.807) is 7.11 Å². The van der Waals surface area contributed by atoms with Crippen LogP contribution in [0.5, 0.6) is 0 Å². The third-order valence-corrected chi connectivity index (χ3v) is 3.00. The highest BCUT2D eigenvalue weighted by Crippen LogP contribution is 2.14. The first-order valence-corrected chi connectivity index (χ1v) is 5.93. The van der Waals surface area contributed by atoms with Crippen molar-refractivity contribution in [1.82, 2.24) is 5.32 Å². The lowest BCUT2D eigenvalue weighted by Crippen LogP contribution is -2.43. The average Bonchev–Trinajstić information content (AvgIpc) is 2.29. The summed E-state index contributed by atoms with van der Waals surface area (Å²) in [4.78, 5) is 0. The Kier molecular flexibility index (Phi) is 5.50. The van der Waals surface area contributed by atoms with Gasteiger partial charge in [0, 0.05) is 13.2 Å². The summed E-state index contributed by atoms with van der Waals surface area (Å²) in [6.07, 6.45) is 1.26. The van der Waals surface area contributed by atoms with E-state index in [-0.39, 0.29) is 6.10 Å². The van der Waals surface area contributed by atoms with Gasteiger partial charge in [0.1, 0.15) is 0 Å². The number of nitrogens with one attached hydrogen (secondary N) is 1. The normalized spacial score (nSPS) is 15.1. The Balaban J connectivity index is 2.68. The van der Waals surface area contributed by atoms with Gasteiger partial charge in [-0.05, 0) is 24.9 Å². The zero-order valence-corrected chi connectivity index (χ0v) is 10.7. The van der Waals surface area contributed by atoms with Gasteiger partial charge in [-0.2, -0.15) is 0 Å². The van der Waals surface area contributed by atoms with Gasteiger partial charge in [-0.1, -0.05) is 44.2 Å². The third kappa shape index (κ3) is 3.62. The molecule has 2 unspecified atom stereocenters. The Labute approximate surface area is 99.0 Å². The molecule has 0 spiro atoms. The summed E-state index contributed by atoms with van der Waals surface area (Å²) >= 11 is 0. The molecule has 0 aliphatic rings. The third-order valence-electron chi connectivity index (χ3n) is 3.00. The molecule has 1 aromatic carbocycles. The van der Waals surface area contributed by atoms with Crippen molar-refractivity contribution in [2.45, 2.75) is 32.4 Å². The number of hydrogen-bond donors (Lipinski definition) is 1. The van der Waals surface area contributed by atoms with E-state index in [9.17, 15) is 0 Å². The molecule has 2 nitrogen and oxygen atoms in total. The van der Waals surface area contributed by atoms with Crippen LogP contribution < -0.4 is 5.32 Å². The van der Waals surface area contributed by atoms with Crippen LogP contribution in [0.4, 0.5) is 0 Å². The smallest absolute Gasteiger partial charge is 0.0750 e. The number of rotatable bonds is 6. The largest absolute Gasteiger partial charge is 0.380 e. The summed E-state index contributed by atoms with van der Waals surface area (Å²) in [6, 6.07) is 10.9. The monoisotopic (exact) mass is 221 g/mol. The van der Waals surface area contributed by atoms with Crippen LogP contribution in [0.25, 0.3) is 0 Å². The van der Waals surface area contributed by atoms with Crippen LogP contribution in [0.15, 0.2) is 30.3 Å². The molecule has 2 atom stereocenters. The van der Waals surface area contributed by atoms with Gasteiger partial charge in [0.15, 0.2) is 0 Å². The molecule has 0 bridgehead atoms. The van der Waals surface area contributed by atoms with Crippen LogP contribution in [0.2, 0.25) is 0 Å². The second-order valence-corrected chi connectivity index (χ2v) is 4.53. The molecule has 0 heterocycles. The van der Waals surface area contributed by atoms with Gasteiger partial charge in [0.2, 0.25) is 0 Å².